The average Bonchev–Trinajstić information content (AvgIpc) is 2.48. The molecule has 1 saturated carbocycles. The third kappa shape index (κ3) is 4.68. The molecular formula is C16H27NO5. The Morgan fingerprint density at radius 1 is 1.27 bits per heavy atom. The van der Waals surface area contributed by atoms with Crippen LogP contribution >= 0.6 is 0 Å². The molecule has 0 aromatic rings. The van der Waals surface area contributed by atoms with Crippen molar-refractivity contribution in [3.63, 3.8) is 0 Å². The van der Waals surface area contributed by atoms with E-state index in [1.807, 2.05) is 6.92 Å². The van der Waals surface area contributed by atoms with Gasteiger partial charge in [0.05, 0.1) is 24.2 Å². The summed E-state index contributed by atoms with van der Waals surface area (Å²) in [4.78, 5) is 23.5. The Morgan fingerprint density at radius 2 is 2.00 bits per heavy atom. The van der Waals surface area contributed by atoms with Crippen molar-refractivity contribution >= 4 is 11.9 Å². The summed E-state index contributed by atoms with van der Waals surface area (Å²) < 4.78 is 11.0. The standard InChI is InChI=1S/C16H27NO5/c1-16(8-3-2-4-13(16)15(19)20)17-14(18)7-11-22-12-5-9-21-10-6-12/h12-13H,2-11H2,1H3,(H,17,18)(H,19,20). The molecule has 1 aliphatic carbocycles. The van der Waals surface area contributed by atoms with Gasteiger partial charge in [0.2, 0.25) is 5.91 Å². The quantitative estimate of drug-likeness (QED) is 0.780. The first-order valence-corrected chi connectivity index (χ1v) is 8.24. The van der Waals surface area contributed by atoms with Gasteiger partial charge in [-0.3, -0.25) is 9.59 Å². The third-order valence-corrected chi connectivity index (χ3v) is 4.78. The molecule has 2 rings (SSSR count). The summed E-state index contributed by atoms with van der Waals surface area (Å²) in [6.45, 7) is 3.66. The number of hydrogen-bond donors (Lipinski definition) is 2. The fourth-order valence-corrected chi connectivity index (χ4v) is 3.42. The van der Waals surface area contributed by atoms with Crippen LogP contribution in [0.15, 0.2) is 0 Å². The fraction of sp³-hybridized carbons (Fsp3) is 0.875. The smallest absolute Gasteiger partial charge is 0.308 e. The SMILES string of the molecule is CC1(NC(=O)CCOC2CCOCC2)CCCCC1C(=O)O. The van der Waals surface area contributed by atoms with Crippen molar-refractivity contribution in [3.8, 4) is 0 Å². The number of aliphatic carboxylic acids is 1. The number of carboxylic acids is 1. The van der Waals surface area contributed by atoms with Crippen LogP contribution in [0.1, 0.15) is 51.9 Å². The van der Waals surface area contributed by atoms with E-state index in [-0.39, 0.29) is 18.4 Å². The molecule has 2 unspecified atom stereocenters. The van der Waals surface area contributed by atoms with Crippen molar-refractivity contribution in [2.24, 2.45) is 5.92 Å². The van der Waals surface area contributed by atoms with Gasteiger partial charge in [-0.1, -0.05) is 12.8 Å². The lowest BCUT2D eigenvalue weighted by molar-refractivity contribution is -0.146. The lowest BCUT2D eigenvalue weighted by Crippen LogP contribution is -2.55. The van der Waals surface area contributed by atoms with Gasteiger partial charge >= 0.3 is 5.97 Å². The normalized spacial score (nSPS) is 30.0. The van der Waals surface area contributed by atoms with Gasteiger partial charge in [-0.25, -0.2) is 0 Å². The predicted octanol–water partition coefficient (Wildman–Crippen LogP) is 1.72. The van der Waals surface area contributed by atoms with Gasteiger partial charge in [-0.2, -0.15) is 0 Å². The Balaban J connectivity index is 1.75. The van der Waals surface area contributed by atoms with Crippen molar-refractivity contribution in [2.45, 2.75) is 63.5 Å². The second-order valence-electron chi connectivity index (χ2n) is 6.53. The highest BCUT2D eigenvalue weighted by Gasteiger charge is 2.42. The maximum Gasteiger partial charge on any atom is 0.308 e. The molecule has 126 valence electrons. The summed E-state index contributed by atoms with van der Waals surface area (Å²) in [6, 6.07) is 0. The summed E-state index contributed by atoms with van der Waals surface area (Å²) in [5.74, 6) is -1.44. The molecule has 0 aromatic heterocycles. The summed E-state index contributed by atoms with van der Waals surface area (Å²) >= 11 is 0. The topological polar surface area (TPSA) is 84.9 Å². The zero-order valence-corrected chi connectivity index (χ0v) is 13.3. The second kappa shape index (κ2) is 7.92. The summed E-state index contributed by atoms with van der Waals surface area (Å²) in [5.41, 5.74) is -0.639. The van der Waals surface area contributed by atoms with Crippen molar-refractivity contribution in [1.29, 1.82) is 0 Å². The lowest BCUT2D eigenvalue weighted by Gasteiger charge is -2.39. The van der Waals surface area contributed by atoms with E-state index in [0.29, 0.717) is 13.0 Å². The zero-order valence-electron chi connectivity index (χ0n) is 13.3. The molecule has 0 radical (unpaired) electrons. The van der Waals surface area contributed by atoms with Crippen molar-refractivity contribution < 1.29 is 24.2 Å². The van der Waals surface area contributed by atoms with Gasteiger partial charge < -0.3 is 19.9 Å². The maximum absolute atomic E-state index is 12.1. The second-order valence-corrected chi connectivity index (χ2v) is 6.53. The molecule has 0 spiro atoms. The zero-order chi connectivity index (χ0) is 16.0. The molecule has 6 nitrogen and oxygen atoms in total. The van der Waals surface area contributed by atoms with Crippen LogP contribution in [0.25, 0.3) is 0 Å². The van der Waals surface area contributed by atoms with Gasteiger partial charge in [-0.15, -0.1) is 0 Å². The molecule has 6 heteroatoms. The molecule has 1 aliphatic heterocycles. The van der Waals surface area contributed by atoms with Crippen LogP contribution in [-0.4, -0.2) is 48.4 Å². The molecule has 2 fully saturated rings. The number of amides is 1. The largest absolute Gasteiger partial charge is 0.481 e. The number of carboxylic acid groups (broad SMARTS) is 1. The average molecular weight is 313 g/mol. The van der Waals surface area contributed by atoms with E-state index in [1.165, 1.54) is 0 Å². The Kier molecular flexibility index (Phi) is 6.20. The summed E-state index contributed by atoms with van der Waals surface area (Å²) in [6.07, 6.45) is 5.43. The van der Waals surface area contributed by atoms with Crippen molar-refractivity contribution in [1.82, 2.24) is 5.32 Å². The molecular weight excluding hydrogens is 286 g/mol. The highest BCUT2D eigenvalue weighted by atomic mass is 16.5. The number of nitrogens with one attached hydrogen (secondary N) is 1. The Labute approximate surface area is 131 Å². The minimum Gasteiger partial charge on any atom is -0.481 e. The van der Waals surface area contributed by atoms with Gasteiger partial charge in [0.1, 0.15) is 0 Å². The molecule has 1 saturated heterocycles. The molecule has 0 aromatic carbocycles. The van der Waals surface area contributed by atoms with E-state index < -0.39 is 17.4 Å². The predicted molar refractivity (Wildman–Crippen MR) is 80.6 cm³/mol. The van der Waals surface area contributed by atoms with Gasteiger partial charge in [0, 0.05) is 19.6 Å². The molecule has 1 heterocycles. The summed E-state index contributed by atoms with van der Waals surface area (Å²) in [7, 11) is 0. The van der Waals surface area contributed by atoms with Crippen LogP contribution in [0.5, 0.6) is 0 Å². The van der Waals surface area contributed by atoms with E-state index >= 15 is 0 Å². The van der Waals surface area contributed by atoms with Gasteiger partial charge in [0.25, 0.3) is 0 Å². The van der Waals surface area contributed by atoms with Crippen LogP contribution in [0, 0.1) is 5.92 Å². The highest BCUT2D eigenvalue weighted by molar-refractivity contribution is 5.79. The first-order chi connectivity index (χ1) is 10.5. The van der Waals surface area contributed by atoms with Gasteiger partial charge in [0.15, 0.2) is 0 Å². The van der Waals surface area contributed by atoms with E-state index in [4.69, 9.17) is 9.47 Å². The van der Waals surface area contributed by atoms with Crippen LogP contribution in [0.4, 0.5) is 0 Å². The van der Waals surface area contributed by atoms with Gasteiger partial charge in [-0.05, 0) is 32.6 Å². The van der Waals surface area contributed by atoms with Crippen LogP contribution in [0.2, 0.25) is 0 Å². The van der Waals surface area contributed by atoms with E-state index in [2.05, 4.69) is 5.32 Å². The minimum absolute atomic E-state index is 0.122. The fourth-order valence-electron chi connectivity index (χ4n) is 3.42. The monoisotopic (exact) mass is 313 g/mol. The maximum atomic E-state index is 12.1. The highest BCUT2D eigenvalue weighted by Crippen LogP contribution is 2.33. The van der Waals surface area contributed by atoms with Crippen LogP contribution < -0.4 is 5.32 Å². The van der Waals surface area contributed by atoms with E-state index in [1.54, 1.807) is 0 Å². The number of rotatable bonds is 6. The Bertz CT molecular complexity index is 394. The Hall–Kier alpha value is -1.14. The lowest BCUT2D eigenvalue weighted by atomic mass is 9.74. The number of carbonyl (C=O) groups excluding carboxylic acids is 1. The summed E-state index contributed by atoms with van der Waals surface area (Å²) in [5, 5.41) is 12.3. The van der Waals surface area contributed by atoms with E-state index in [9.17, 15) is 14.7 Å². The van der Waals surface area contributed by atoms with Crippen LogP contribution in [-0.2, 0) is 19.1 Å². The number of carbonyl (C=O) groups is 2. The van der Waals surface area contributed by atoms with Crippen molar-refractivity contribution in [3.05, 3.63) is 0 Å². The Morgan fingerprint density at radius 3 is 2.68 bits per heavy atom. The molecule has 2 atom stereocenters. The molecule has 2 N–H and O–H groups in total. The molecule has 22 heavy (non-hydrogen) atoms. The number of hydrogen-bond acceptors (Lipinski definition) is 4. The van der Waals surface area contributed by atoms with E-state index in [0.717, 1.165) is 45.3 Å². The minimum atomic E-state index is -0.819. The van der Waals surface area contributed by atoms with Crippen LogP contribution in [0.3, 0.4) is 0 Å². The number of ether oxygens (including phenoxy) is 2. The molecule has 2 aliphatic rings. The molecule has 1 amide bonds. The van der Waals surface area contributed by atoms with Crippen molar-refractivity contribution in [2.75, 3.05) is 19.8 Å². The first-order valence-electron chi connectivity index (χ1n) is 8.24. The third-order valence-electron chi connectivity index (χ3n) is 4.78. The molecule has 0 bridgehead atoms. The first kappa shape index (κ1) is 17.2.